The molecule has 4 heteroatoms. The SMILES string of the molecule is O=c1ccc2nc3ccccc3oc-2c1Cl. The zero-order chi connectivity index (χ0) is 11.1. The van der Waals surface area contributed by atoms with E-state index in [1.807, 2.05) is 18.2 Å². The fraction of sp³-hybridized carbons (Fsp3) is 0. The second-order valence-electron chi connectivity index (χ2n) is 3.41. The van der Waals surface area contributed by atoms with Crippen LogP contribution in [0, 0.1) is 0 Å². The fourth-order valence-corrected chi connectivity index (χ4v) is 1.79. The van der Waals surface area contributed by atoms with Crippen LogP contribution in [-0.2, 0) is 0 Å². The Balaban J connectivity index is 2.52. The molecule has 0 bridgehead atoms. The highest BCUT2D eigenvalue weighted by atomic mass is 35.5. The van der Waals surface area contributed by atoms with Gasteiger partial charge in [-0.15, -0.1) is 0 Å². The van der Waals surface area contributed by atoms with Crippen molar-refractivity contribution in [2.24, 2.45) is 0 Å². The van der Waals surface area contributed by atoms with E-state index in [1.165, 1.54) is 6.07 Å². The first-order chi connectivity index (χ1) is 7.75. The minimum Gasteiger partial charge on any atom is -0.451 e. The van der Waals surface area contributed by atoms with E-state index in [-0.39, 0.29) is 10.5 Å². The van der Waals surface area contributed by atoms with Gasteiger partial charge in [0.1, 0.15) is 16.2 Å². The third-order valence-electron chi connectivity index (χ3n) is 2.36. The van der Waals surface area contributed by atoms with E-state index in [1.54, 1.807) is 12.1 Å². The Kier molecular flexibility index (Phi) is 1.94. The summed E-state index contributed by atoms with van der Waals surface area (Å²) in [5, 5.41) is 0.0794. The Morgan fingerprint density at radius 2 is 1.94 bits per heavy atom. The Labute approximate surface area is 95.6 Å². The van der Waals surface area contributed by atoms with Crippen LogP contribution in [0.15, 0.2) is 45.6 Å². The summed E-state index contributed by atoms with van der Waals surface area (Å²) in [6, 6.07) is 10.4. The number of aromatic nitrogens is 1. The molecule has 0 saturated heterocycles. The van der Waals surface area contributed by atoms with Gasteiger partial charge < -0.3 is 4.42 Å². The molecule has 1 aromatic carbocycles. The van der Waals surface area contributed by atoms with Crippen LogP contribution in [0.1, 0.15) is 0 Å². The van der Waals surface area contributed by atoms with Gasteiger partial charge >= 0.3 is 0 Å². The molecule has 1 aliphatic heterocycles. The van der Waals surface area contributed by atoms with Crippen LogP contribution in [-0.4, -0.2) is 4.98 Å². The molecule has 1 aromatic rings. The lowest BCUT2D eigenvalue weighted by atomic mass is 10.2. The zero-order valence-electron chi connectivity index (χ0n) is 8.11. The number of para-hydroxylation sites is 2. The Hall–Kier alpha value is -1.87. The molecule has 0 aromatic heterocycles. The molecule has 0 radical (unpaired) electrons. The quantitative estimate of drug-likeness (QED) is 0.559. The van der Waals surface area contributed by atoms with Gasteiger partial charge in [-0.25, -0.2) is 4.98 Å². The molecule has 1 aliphatic carbocycles. The molecule has 0 unspecified atom stereocenters. The number of nitrogens with zero attached hydrogens (tertiary/aromatic N) is 1. The lowest BCUT2D eigenvalue weighted by molar-refractivity contribution is 0.612. The standard InChI is InChI=1S/C12H6ClNO2/c13-11-9(15)6-5-8-12(11)16-10-4-2-1-3-7(10)14-8/h1-6H. The highest BCUT2D eigenvalue weighted by Crippen LogP contribution is 2.28. The molecule has 0 saturated carbocycles. The van der Waals surface area contributed by atoms with Gasteiger partial charge in [0.25, 0.3) is 0 Å². The van der Waals surface area contributed by atoms with Gasteiger partial charge in [0.15, 0.2) is 11.3 Å². The summed E-state index contributed by atoms with van der Waals surface area (Å²) in [7, 11) is 0. The van der Waals surface area contributed by atoms with Crippen molar-refractivity contribution >= 4 is 22.7 Å². The summed E-state index contributed by atoms with van der Waals surface area (Å²) in [6.07, 6.45) is 0. The van der Waals surface area contributed by atoms with Crippen molar-refractivity contribution in [2.45, 2.75) is 0 Å². The van der Waals surface area contributed by atoms with Crippen LogP contribution in [0.4, 0.5) is 0 Å². The molecule has 3 rings (SSSR count). The number of rotatable bonds is 0. The molecule has 78 valence electrons. The van der Waals surface area contributed by atoms with Gasteiger partial charge in [-0.3, -0.25) is 4.79 Å². The summed E-state index contributed by atoms with van der Waals surface area (Å²) in [5.41, 5.74) is 1.69. The van der Waals surface area contributed by atoms with Crippen LogP contribution in [0.25, 0.3) is 22.6 Å². The number of benzene rings is 2. The molecule has 16 heavy (non-hydrogen) atoms. The Bertz CT molecular complexity index is 705. The van der Waals surface area contributed by atoms with Gasteiger partial charge in [0.05, 0.1) is 0 Å². The number of halogens is 1. The monoisotopic (exact) mass is 231 g/mol. The molecule has 0 atom stereocenters. The van der Waals surface area contributed by atoms with E-state index >= 15 is 0 Å². The van der Waals surface area contributed by atoms with Crippen LogP contribution in [0.2, 0.25) is 5.02 Å². The third-order valence-corrected chi connectivity index (χ3v) is 2.72. The molecule has 0 spiro atoms. The van der Waals surface area contributed by atoms with Crippen molar-refractivity contribution in [3.63, 3.8) is 0 Å². The van der Waals surface area contributed by atoms with E-state index in [4.69, 9.17) is 16.0 Å². The van der Waals surface area contributed by atoms with Gasteiger partial charge in [-0.2, -0.15) is 0 Å². The number of hydrogen-bond donors (Lipinski definition) is 0. The first kappa shape index (κ1) is 9.36. The van der Waals surface area contributed by atoms with Crippen molar-refractivity contribution in [3.8, 4) is 11.5 Å². The average molecular weight is 232 g/mol. The maximum absolute atomic E-state index is 11.3. The molecular formula is C12H6ClNO2. The van der Waals surface area contributed by atoms with E-state index in [2.05, 4.69) is 4.98 Å². The van der Waals surface area contributed by atoms with E-state index in [0.29, 0.717) is 17.0 Å². The lowest BCUT2D eigenvalue weighted by Crippen LogP contribution is -2.02. The van der Waals surface area contributed by atoms with Crippen LogP contribution in [0.5, 0.6) is 0 Å². The molecule has 3 nitrogen and oxygen atoms in total. The average Bonchev–Trinajstić information content (AvgIpc) is 2.32. The van der Waals surface area contributed by atoms with Gasteiger partial charge in [-0.1, -0.05) is 23.7 Å². The Morgan fingerprint density at radius 3 is 2.81 bits per heavy atom. The molecule has 0 amide bonds. The normalized spacial score (nSPS) is 11.1. The predicted molar refractivity (Wildman–Crippen MR) is 61.9 cm³/mol. The molecular weight excluding hydrogens is 226 g/mol. The summed E-state index contributed by atoms with van der Waals surface area (Å²) >= 11 is 5.88. The van der Waals surface area contributed by atoms with Crippen LogP contribution >= 0.6 is 11.6 Å². The van der Waals surface area contributed by atoms with Crippen LogP contribution < -0.4 is 5.43 Å². The first-order valence-corrected chi connectivity index (χ1v) is 5.11. The van der Waals surface area contributed by atoms with E-state index in [9.17, 15) is 4.79 Å². The van der Waals surface area contributed by atoms with E-state index < -0.39 is 0 Å². The van der Waals surface area contributed by atoms with Gasteiger partial charge in [0, 0.05) is 0 Å². The minimum absolute atomic E-state index is 0.0794. The molecule has 2 aliphatic rings. The lowest BCUT2D eigenvalue weighted by Gasteiger charge is -2.06. The predicted octanol–water partition coefficient (Wildman–Crippen LogP) is 2.95. The largest absolute Gasteiger partial charge is 0.451 e. The van der Waals surface area contributed by atoms with Crippen LogP contribution in [0.3, 0.4) is 0 Å². The molecule has 0 fully saturated rings. The summed E-state index contributed by atoms with van der Waals surface area (Å²) in [6.45, 7) is 0. The summed E-state index contributed by atoms with van der Waals surface area (Å²) in [4.78, 5) is 15.7. The second kappa shape index (κ2) is 3.32. The maximum Gasteiger partial charge on any atom is 0.201 e. The highest BCUT2D eigenvalue weighted by Gasteiger charge is 2.14. The fourth-order valence-electron chi connectivity index (χ4n) is 1.59. The number of hydrogen-bond acceptors (Lipinski definition) is 3. The number of fused-ring (bicyclic) bond motifs is 2. The minimum atomic E-state index is -0.255. The summed E-state index contributed by atoms with van der Waals surface area (Å²) in [5.74, 6) is 0.341. The maximum atomic E-state index is 11.3. The smallest absolute Gasteiger partial charge is 0.201 e. The van der Waals surface area contributed by atoms with Gasteiger partial charge in [-0.05, 0) is 24.3 Å². The highest BCUT2D eigenvalue weighted by molar-refractivity contribution is 6.32. The Morgan fingerprint density at radius 1 is 1.12 bits per heavy atom. The summed E-state index contributed by atoms with van der Waals surface area (Å²) < 4.78 is 5.56. The van der Waals surface area contributed by atoms with Crippen molar-refractivity contribution in [1.82, 2.24) is 4.98 Å². The molecule has 1 heterocycles. The molecule has 0 N–H and O–H groups in total. The first-order valence-electron chi connectivity index (χ1n) is 4.74. The zero-order valence-corrected chi connectivity index (χ0v) is 8.86. The van der Waals surface area contributed by atoms with Crippen molar-refractivity contribution < 1.29 is 4.42 Å². The van der Waals surface area contributed by atoms with E-state index in [0.717, 1.165) is 5.52 Å². The van der Waals surface area contributed by atoms with Crippen molar-refractivity contribution in [1.29, 1.82) is 0 Å². The third kappa shape index (κ3) is 1.29. The van der Waals surface area contributed by atoms with Gasteiger partial charge in [0.2, 0.25) is 5.43 Å². The van der Waals surface area contributed by atoms with Crippen molar-refractivity contribution in [3.05, 3.63) is 51.6 Å². The second-order valence-corrected chi connectivity index (χ2v) is 3.79. The topological polar surface area (TPSA) is 43.1 Å². The van der Waals surface area contributed by atoms with Crippen molar-refractivity contribution in [2.75, 3.05) is 0 Å².